The topological polar surface area (TPSA) is 43.0 Å². The van der Waals surface area contributed by atoms with E-state index >= 15 is 0 Å². The molecule has 0 aliphatic carbocycles. The second kappa shape index (κ2) is 7.47. The number of hydrogen-bond acceptors (Lipinski definition) is 5. The van der Waals surface area contributed by atoms with Gasteiger partial charge in [-0.2, -0.15) is 4.39 Å². The highest BCUT2D eigenvalue weighted by molar-refractivity contribution is 5.52. The maximum atomic E-state index is 14.4. The number of nitrogens with one attached hydrogen (secondary N) is 1. The Morgan fingerprint density at radius 3 is 2.33 bits per heavy atom. The molecule has 118 valence electrons. The van der Waals surface area contributed by atoms with Gasteiger partial charge in [0.25, 0.3) is 0 Å². The van der Waals surface area contributed by atoms with Gasteiger partial charge in [0.15, 0.2) is 11.5 Å². The van der Waals surface area contributed by atoms with Gasteiger partial charge in [0.2, 0.25) is 11.6 Å². The van der Waals surface area contributed by atoms with Gasteiger partial charge >= 0.3 is 0 Å². The summed E-state index contributed by atoms with van der Waals surface area (Å²) in [5.41, 5.74) is 0.797. The van der Waals surface area contributed by atoms with E-state index in [0.29, 0.717) is 12.2 Å². The molecule has 21 heavy (non-hydrogen) atoms. The molecule has 2 rings (SSSR count). The predicted molar refractivity (Wildman–Crippen MR) is 79.1 cm³/mol. The van der Waals surface area contributed by atoms with Gasteiger partial charge in [0.1, 0.15) is 0 Å². The highest BCUT2D eigenvalue weighted by Gasteiger charge is 2.21. The van der Waals surface area contributed by atoms with Crippen LogP contribution in [0.5, 0.6) is 17.2 Å². The molecule has 0 aromatic heterocycles. The van der Waals surface area contributed by atoms with Gasteiger partial charge in [-0.05, 0) is 12.5 Å². The molecule has 0 radical (unpaired) electrons. The van der Waals surface area contributed by atoms with Crippen molar-refractivity contribution in [3.8, 4) is 17.2 Å². The van der Waals surface area contributed by atoms with Crippen LogP contribution in [0.1, 0.15) is 5.56 Å². The van der Waals surface area contributed by atoms with Gasteiger partial charge in [-0.1, -0.05) is 0 Å². The average molecular weight is 298 g/mol. The number of nitrogens with zero attached hydrogens (tertiary/aromatic N) is 1. The van der Waals surface area contributed by atoms with Crippen molar-refractivity contribution >= 4 is 0 Å². The zero-order chi connectivity index (χ0) is 15.2. The van der Waals surface area contributed by atoms with Crippen LogP contribution in [0, 0.1) is 5.82 Å². The molecule has 1 saturated heterocycles. The lowest BCUT2D eigenvalue weighted by molar-refractivity contribution is 0.242. The van der Waals surface area contributed by atoms with Crippen molar-refractivity contribution in [3.05, 3.63) is 17.4 Å². The maximum absolute atomic E-state index is 14.4. The Balaban J connectivity index is 2.18. The molecule has 1 aromatic carbocycles. The van der Waals surface area contributed by atoms with Crippen molar-refractivity contribution in [2.45, 2.75) is 6.42 Å². The fourth-order valence-corrected chi connectivity index (χ4v) is 2.60. The Morgan fingerprint density at radius 1 is 1.10 bits per heavy atom. The van der Waals surface area contributed by atoms with E-state index in [1.807, 2.05) is 0 Å². The van der Waals surface area contributed by atoms with E-state index in [2.05, 4.69) is 10.2 Å². The number of methoxy groups -OCH3 is 3. The van der Waals surface area contributed by atoms with E-state index < -0.39 is 5.82 Å². The van der Waals surface area contributed by atoms with E-state index in [1.165, 1.54) is 21.3 Å². The standard InChI is InChI=1S/C15H23FN2O3/c1-19-12-10-11(4-7-18-8-5-17-6-9-18)14(20-2)13(16)15(12)21-3/h10,17H,4-9H2,1-3H3. The van der Waals surface area contributed by atoms with Crippen LogP contribution in [0.2, 0.25) is 0 Å². The monoisotopic (exact) mass is 298 g/mol. The first kappa shape index (κ1) is 15.9. The SMILES string of the molecule is COc1cc(CCN2CCNCC2)c(OC)c(F)c1OC. The number of benzene rings is 1. The van der Waals surface area contributed by atoms with Gasteiger partial charge in [-0.25, -0.2) is 0 Å². The predicted octanol–water partition coefficient (Wildman–Crippen LogP) is 1.30. The van der Waals surface area contributed by atoms with Crippen LogP contribution in [-0.2, 0) is 6.42 Å². The third kappa shape index (κ3) is 3.57. The average Bonchev–Trinajstić information content (AvgIpc) is 2.53. The third-order valence-electron chi connectivity index (χ3n) is 3.75. The van der Waals surface area contributed by atoms with Gasteiger partial charge in [0, 0.05) is 38.3 Å². The van der Waals surface area contributed by atoms with Crippen LogP contribution in [0.4, 0.5) is 4.39 Å². The van der Waals surface area contributed by atoms with Crippen molar-refractivity contribution < 1.29 is 18.6 Å². The summed E-state index contributed by atoms with van der Waals surface area (Å²) < 4.78 is 29.9. The van der Waals surface area contributed by atoms with Crippen molar-refractivity contribution in [1.29, 1.82) is 0 Å². The van der Waals surface area contributed by atoms with Crippen LogP contribution in [-0.4, -0.2) is 59.0 Å². The number of piperazine rings is 1. The minimum Gasteiger partial charge on any atom is -0.493 e. The molecule has 1 aliphatic heterocycles. The Labute approximate surface area is 125 Å². The van der Waals surface area contributed by atoms with E-state index in [-0.39, 0.29) is 11.5 Å². The normalized spacial score (nSPS) is 15.8. The summed E-state index contributed by atoms with van der Waals surface area (Å²) in [5.74, 6) is 0.212. The Bertz CT molecular complexity index is 476. The minimum absolute atomic E-state index is 0.0836. The van der Waals surface area contributed by atoms with E-state index in [0.717, 1.165) is 38.3 Å². The second-order valence-corrected chi connectivity index (χ2v) is 4.96. The fourth-order valence-electron chi connectivity index (χ4n) is 2.60. The molecule has 0 saturated carbocycles. The second-order valence-electron chi connectivity index (χ2n) is 4.96. The lowest BCUT2D eigenvalue weighted by atomic mass is 10.1. The van der Waals surface area contributed by atoms with E-state index in [1.54, 1.807) is 6.07 Å². The molecule has 1 N–H and O–H groups in total. The van der Waals surface area contributed by atoms with Crippen molar-refractivity contribution in [3.63, 3.8) is 0 Å². The van der Waals surface area contributed by atoms with Crippen LogP contribution in [0.25, 0.3) is 0 Å². The van der Waals surface area contributed by atoms with Crippen molar-refractivity contribution in [2.24, 2.45) is 0 Å². The minimum atomic E-state index is -0.505. The van der Waals surface area contributed by atoms with Gasteiger partial charge < -0.3 is 24.4 Å². The zero-order valence-corrected chi connectivity index (χ0v) is 12.9. The first-order valence-electron chi connectivity index (χ1n) is 7.11. The molecule has 0 spiro atoms. The van der Waals surface area contributed by atoms with E-state index in [4.69, 9.17) is 14.2 Å². The summed E-state index contributed by atoms with van der Waals surface area (Å²) >= 11 is 0. The molecule has 0 amide bonds. The molecule has 1 fully saturated rings. The number of halogens is 1. The number of hydrogen-bond donors (Lipinski definition) is 1. The third-order valence-corrected chi connectivity index (χ3v) is 3.75. The molecule has 0 atom stereocenters. The lowest BCUT2D eigenvalue weighted by Gasteiger charge is -2.27. The Hall–Kier alpha value is -1.53. The molecule has 6 heteroatoms. The highest BCUT2D eigenvalue weighted by Crippen LogP contribution is 2.39. The summed E-state index contributed by atoms with van der Waals surface area (Å²) in [7, 11) is 4.39. The number of ether oxygens (including phenoxy) is 3. The Kier molecular flexibility index (Phi) is 5.64. The fraction of sp³-hybridized carbons (Fsp3) is 0.600. The van der Waals surface area contributed by atoms with E-state index in [9.17, 15) is 4.39 Å². The quantitative estimate of drug-likeness (QED) is 0.857. The first-order valence-corrected chi connectivity index (χ1v) is 7.11. The van der Waals surface area contributed by atoms with Crippen molar-refractivity contribution in [2.75, 3.05) is 54.1 Å². The van der Waals surface area contributed by atoms with Gasteiger partial charge in [0.05, 0.1) is 21.3 Å². The molecule has 0 bridgehead atoms. The first-order chi connectivity index (χ1) is 10.2. The maximum Gasteiger partial charge on any atom is 0.210 e. The number of rotatable bonds is 6. The molecular formula is C15H23FN2O3. The molecule has 0 unspecified atom stereocenters. The summed E-state index contributed by atoms with van der Waals surface area (Å²) in [6.45, 7) is 4.89. The highest BCUT2D eigenvalue weighted by atomic mass is 19.1. The van der Waals surface area contributed by atoms with Crippen LogP contribution in [0.3, 0.4) is 0 Å². The molecule has 5 nitrogen and oxygen atoms in total. The summed E-state index contributed by atoms with van der Waals surface area (Å²) in [5, 5.41) is 3.31. The summed E-state index contributed by atoms with van der Waals surface area (Å²) in [4.78, 5) is 2.35. The smallest absolute Gasteiger partial charge is 0.210 e. The molecule has 1 heterocycles. The van der Waals surface area contributed by atoms with Gasteiger partial charge in [-0.3, -0.25) is 0 Å². The zero-order valence-electron chi connectivity index (χ0n) is 12.9. The summed E-state index contributed by atoms with van der Waals surface area (Å²) in [6, 6.07) is 1.79. The van der Waals surface area contributed by atoms with Crippen molar-refractivity contribution in [1.82, 2.24) is 10.2 Å². The van der Waals surface area contributed by atoms with Gasteiger partial charge in [-0.15, -0.1) is 0 Å². The van der Waals surface area contributed by atoms with Crippen LogP contribution >= 0.6 is 0 Å². The molecular weight excluding hydrogens is 275 g/mol. The van der Waals surface area contributed by atoms with Crippen LogP contribution in [0.15, 0.2) is 6.07 Å². The van der Waals surface area contributed by atoms with Crippen LogP contribution < -0.4 is 19.5 Å². The molecule has 1 aliphatic rings. The lowest BCUT2D eigenvalue weighted by Crippen LogP contribution is -2.44. The largest absolute Gasteiger partial charge is 0.493 e. The Morgan fingerprint density at radius 2 is 1.76 bits per heavy atom. The molecule has 1 aromatic rings. The summed E-state index contributed by atoms with van der Waals surface area (Å²) in [6.07, 6.45) is 0.709.